The maximum atomic E-state index is 13.6. The van der Waals surface area contributed by atoms with Crippen LogP contribution >= 0.6 is 11.3 Å². The Hall–Kier alpha value is -3.05. The number of alkyl halides is 3. The summed E-state index contributed by atoms with van der Waals surface area (Å²) in [5.41, 5.74) is 0.725. The van der Waals surface area contributed by atoms with E-state index in [1.165, 1.54) is 37.3 Å². The minimum atomic E-state index is -4.80. The maximum absolute atomic E-state index is 13.6. The molecule has 2 aromatic carbocycles. The highest BCUT2D eigenvalue weighted by molar-refractivity contribution is 7.22. The number of hydrogen-bond donors (Lipinski definition) is 0. The van der Waals surface area contributed by atoms with E-state index in [9.17, 15) is 18.0 Å². The third-order valence-electron chi connectivity index (χ3n) is 5.11. The summed E-state index contributed by atoms with van der Waals surface area (Å²) in [7, 11) is 2.96. The highest BCUT2D eigenvalue weighted by atomic mass is 32.1. The molecule has 1 aliphatic heterocycles. The fourth-order valence-electron chi connectivity index (χ4n) is 3.57. The average molecular weight is 482 g/mol. The molecule has 33 heavy (non-hydrogen) atoms. The predicted molar refractivity (Wildman–Crippen MR) is 116 cm³/mol. The Morgan fingerprint density at radius 1 is 1.18 bits per heavy atom. The van der Waals surface area contributed by atoms with Crippen molar-refractivity contribution in [3.63, 3.8) is 0 Å². The van der Waals surface area contributed by atoms with Gasteiger partial charge in [-0.15, -0.1) is 13.2 Å². The Balaban J connectivity index is 1.73. The topological polar surface area (TPSA) is 70.1 Å². The molecule has 0 N–H and O–H groups in total. The van der Waals surface area contributed by atoms with Gasteiger partial charge in [0.2, 0.25) is 0 Å². The summed E-state index contributed by atoms with van der Waals surface area (Å²) >= 11 is 1.09. The van der Waals surface area contributed by atoms with Gasteiger partial charge in [-0.3, -0.25) is 9.69 Å². The lowest BCUT2D eigenvalue weighted by Gasteiger charge is -2.24. The zero-order valence-corrected chi connectivity index (χ0v) is 18.7. The van der Waals surface area contributed by atoms with Crippen LogP contribution in [-0.4, -0.2) is 50.7 Å². The van der Waals surface area contributed by atoms with Crippen LogP contribution in [0.4, 0.5) is 18.3 Å². The van der Waals surface area contributed by atoms with Crippen molar-refractivity contribution in [1.29, 1.82) is 0 Å². The predicted octanol–water partition coefficient (Wildman–Crippen LogP) is 5.04. The average Bonchev–Trinajstić information content (AvgIpc) is 3.44. The molecule has 0 saturated carbocycles. The number of hydrogen-bond acceptors (Lipinski definition) is 7. The van der Waals surface area contributed by atoms with E-state index in [4.69, 9.17) is 14.2 Å². The van der Waals surface area contributed by atoms with Crippen LogP contribution in [0.2, 0.25) is 0 Å². The number of fused-ring (bicyclic) bond motifs is 1. The van der Waals surface area contributed by atoms with Crippen molar-refractivity contribution in [1.82, 2.24) is 4.98 Å². The zero-order valence-electron chi connectivity index (χ0n) is 17.8. The molecule has 3 aromatic rings. The smallest absolute Gasteiger partial charge is 0.497 e. The van der Waals surface area contributed by atoms with Crippen molar-refractivity contribution in [2.45, 2.75) is 25.3 Å². The molecular formula is C22H21F3N2O5S. The van der Waals surface area contributed by atoms with E-state index in [0.29, 0.717) is 33.5 Å². The number of halogens is 3. The zero-order chi connectivity index (χ0) is 23.6. The largest absolute Gasteiger partial charge is 0.573 e. The van der Waals surface area contributed by atoms with Gasteiger partial charge in [0.25, 0.3) is 5.91 Å². The van der Waals surface area contributed by atoms with Gasteiger partial charge in [0.15, 0.2) is 5.13 Å². The lowest BCUT2D eigenvalue weighted by atomic mass is 10.1. The van der Waals surface area contributed by atoms with Gasteiger partial charge in [-0.2, -0.15) is 0 Å². The van der Waals surface area contributed by atoms with E-state index in [2.05, 4.69) is 9.72 Å². The molecule has 4 rings (SSSR count). The molecule has 1 aliphatic rings. The van der Waals surface area contributed by atoms with Crippen LogP contribution in [0.5, 0.6) is 17.2 Å². The summed E-state index contributed by atoms with van der Waals surface area (Å²) in [5, 5.41) is 0.333. The Bertz CT molecular complexity index is 1140. The maximum Gasteiger partial charge on any atom is 0.573 e. The molecule has 0 aliphatic carbocycles. The number of carbonyl (C=O) groups is 1. The Labute approximate surface area is 191 Å². The number of rotatable bonds is 7. The van der Waals surface area contributed by atoms with Crippen molar-refractivity contribution < 1.29 is 36.9 Å². The van der Waals surface area contributed by atoms with Crippen molar-refractivity contribution in [3.8, 4) is 17.2 Å². The van der Waals surface area contributed by atoms with Gasteiger partial charge in [0.05, 0.1) is 42.6 Å². The Kier molecular flexibility index (Phi) is 6.61. The van der Waals surface area contributed by atoms with Gasteiger partial charge in [0, 0.05) is 12.7 Å². The van der Waals surface area contributed by atoms with E-state index >= 15 is 0 Å². The monoisotopic (exact) mass is 482 g/mol. The molecule has 7 nitrogen and oxygen atoms in total. The fraction of sp³-hybridized carbons (Fsp3) is 0.364. The first kappa shape index (κ1) is 23.1. The van der Waals surface area contributed by atoms with Crippen LogP contribution in [0.3, 0.4) is 0 Å². The summed E-state index contributed by atoms with van der Waals surface area (Å²) in [5.74, 6) is 0.110. The quantitative estimate of drug-likeness (QED) is 0.470. The summed E-state index contributed by atoms with van der Waals surface area (Å²) < 4.78 is 58.6. The van der Waals surface area contributed by atoms with Gasteiger partial charge in [-0.05, 0) is 43.2 Å². The van der Waals surface area contributed by atoms with Crippen molar-refractivity contribution in [3.05, 3.63) is 42.0 Å². The normalized spacial score (nSPS) is 16.1. The number of anilines is 1. The van der Waals surface area contributed by atoms with Gasteiger partial charge in [-0.25, -0.2) is 4.98 Å². The van der Waals surface area contributed by atoms with Crippen LogP contribution in [0.25, 0.3) is 10.2 Å². The molecule has 1 unspecified atom stereocenters. The van der Waals surface area contributed by atoms with Crippen LogP contribution < -0.4 is 19.1 Å². The first-order valence-corrected chi connectivity index (χ1v) is 10.9. The minimum absolute atomic E-state index is 0.179. The molecule has 1 atom stereocenters. The number of nitrogens with zero attached hydrogens (tertiary/aromatic N) is 2. The Morgan fingerprint density at radius 2 is 1.97 bits per heavy atom. The highest BCUT2D eigenvalue weighted by Crippen LogP contribution is 2.35. The third-order valence-corrected chi connectivity index (χ3v) is 6.15. The van der Waals surface area contributed by atoms with Crippen LogP contribution in [0, 0.1) is 0 Å². The molecule has 1 saturated heterocycles. The van der Waals surface area contributed by atoms with Gasteiger partial charge < -0.3 is 18.9 Å². The molecule has 2 heterocycles. The fourth-order valence-corrected chi connectivity index (χ4v) is 4.57. The molecule has 0 radical (unpaired) electrons. The first-order chi connectivity index (χ1) is 15.8. The van der Waals surface area contributed by atoms with Crippen LogP contribution in [0.15, 0.2) is 36.4 Å². The molecule has 1 aromatic heterocycles. The van der Waals surface area contributed by atoms with E-state index in [-0.39, 0.29) is 29.9 Å². The van der Waals surface area contributed by atoms with E-state index < -0.39 is 6.36 Å². The first-order valence-electron chi connectivity index (χ1n) is 10.1. The molecule has 11 heteroatoms. The number of benzene rings is 2. The number of ether oxygens (including phenoxy) is 4. The summed E-state index contributed by atoms with van der Waals surface area (Å²) in [6, 6.07) is 8.76. The number of methoxy groups -OCH3 is 2. The second-order valence-corrected chi connectivity index (χ2v) is 8.30. The van der Waals surface area contributed by atoms with E-state index in [1.807, 2.05) is 0 Å². The van der Waals surface area contributed by atoms with Crippen LogP contribution in [0.1, 0.15) is 23.2 Å². The number of amides is 1. The van der Waals surface area contributed by atoms with E-state index in [0.717, 1.165) is 24.2 Å². The standard InChI is InChI=1S/C22H21F3N2O5S/c1-29-13-6-8-18(30-2)16(10-13)20(28)27(12-15-4-3-9-31-15)21-26-17-7-5-14(11-19(17)33-21)32-22(23,24)25/h5-8,10-11,15H,3-4,9,12H2,1-2H3. The van der Waals surface area contributed by atoms with Gasteiger partial charge in [-0.1, -0.05) is 11.3 Å². The molecule has 0 spiro atoms. The van der Waals surface area contributed by atoms with Crippen LogP contribution in [-0.2, 0) is 4.74 Å². The number of carbonyl (C=O) groups excluding carboxylic acids is 1. The van der Waals surface area contributed by atoms with Crippen molar-refractivity contribution in [2.24, 2.45) is 0 Å². The summed E-state index contributed by atoms with van der Waals surface area (Å²) in [6.07, 6.45) is -3.31. The minimum Gasteiger partial charge on any atom is -0.497 e. The number of aromatic nitrogens is 1. The second-order valence-electron chi connectivity index (χ2n) is 7.29. The van der Waals surface area contributed by atoms with Crippen molar-refractivity contribution >= 4 is 32.6 Å². The summed E-state index contributed by atoms with van der Waals surface area (Å²) in [6.45, 7) is 0.845. The summed E-state index contributed by atoms with van der Waals surface area (Å²) in [4.78, 5) is 19.6. The second kappa shape index (κ2) is 9.44. The molecule has 1 amide bonds. The lowest BCUT2D eigenvalue weighted by molar-refractivity contribution is -0.274. The van der Waals surface area contributed by atoms with Gasteiger partial charge in [0.1, 0.15) is 17.2 Å². The lowest BCUT2D eigenvalue weighted by Crippen LogP contribution is -2.37. The van der Waals surface area contributed by atoms with Crippen molar-refractivity contribution in [2.75, 3.05) is 32.3 Å². The molecule has 1 fully saturated rings. The van der Waals surface area contributed by atoms with E-state index in [1.54, 1.807) is 18.2 Å². The third kappa shape index (κ3) is 5.31. The molecular weight excluding hydrogens is 461 g/mol. The molecule has 0 bridgehead atoms. The number of thiazole rings is 1. The SMILES string of the molecule is COc1ccc(OC)c(C(=O)N(CC2CCCO2)c2nc3ccc(OC(F)(F)F)cc3s2)c1. The highest BCUT2D eigenvalue weighted by Gasteiger charge is 2.32. The molecule has 176 valence electrons. The Morgan fingerprint density at radius 3 is 2.64 bits per heavy atom. The van der Waals surface area contributed by atoms with Gasteiger partial charge >= 0.3 is 6.36 Å².